The summed E-state index contributed by atoms with van der Waals surface area (Å²) in [5.74, 6) is 2.06. The summed E-state index contributed by atoms with van der Waals surface area (Å²) in [4.78, 5) is 12.1. The van der Waals surface area contributed by atoms with Crippen LogP contribution in [-0.2, 0) is 16.1 Å². The van der Waals surface area contributed by atoms with Gasteiger partial charge >= 0.3 is 5.97 Å². The predicted molar refractivity (Wildman–Crippen MR) is 78.9 cm³/mol. The molecule has 2 aromatic rings. The third-order valence-electron chi connectivity index (χ3n) is 3.86. The summed E-state index contributed by atoms with van der Waals surface area (Å²) >= 11 is 0. The highest BCUT2D eigenvalue weighted by Crippen LogP contribution is 2.48. The highest BCUT2D eigenvalue weighted by molar-refractivity contribution is 5.77. The molecule has 2 atom stereocenters. The lowest BCUT2D eigenvalue weighted by molar-refractivity contribution is -0.146. The predicted octanol–water partition coefficient (Wildman–Crippen LogP) is 3.14. The zero-order valence-corrected chi connectivity index (χ0v) is 12.6. The van der Waals surface area contributed by atoms with Crippen LogP contribution in [0, 0.1) is 5.92 Å². The fourth-order valence-corrected chi connectivity index (χ4v) is 2.52. The molecule has 0 saturated heterocycles. The Kier molecular flexibility index (Phi) is 4.04. The minimum absolute atomic E-state index is 0.109. The molecule has 0 radical (unpaired) electrons. The smallest absolute Gasteiger partial charge is 0.310 e. The first-order valence-electron chi connectivity index (χ1n) is 7.14. The van der Waals surface area contributed by atoms with Crippen molar-refractivity contribution >= 4 is 5.97 Å². The van der Waals surface area contributed by atoms with Crippen molar-refractivity contribution in [3.63, 3.8) is 0 Å². The van der Waals surface area contributed by atoms with Crippen molar-refractivity contribution in [3.8, 4) is 11.5 Å². The van der Waals surface area contributed by atoms with Crippen LogP contribution in [-0.4, -0.2) is 20.2 Å². The molecular formula is C17H18O5. The zero-order valence-electron chi connectivity index (χ0n) is 12.6. The van der Waals surface area contributed by atoms with Gasteiger partial charge in [-0.25, -0.2) is 0 Å². The van der Waals surface area contributed by atoms with Gasteiger partial charge in [-0.05, 0) is 36.8 Å². The van der Waals surface area contributed by atoms with E-state index in [-0.39, 0.29) is 24.4 Å². The van der Waals surface area contributed by atoms with Crippen molar-refractivity contribution in [1.82, 2.24) is 0 Å². The van der Waals surface area contributed by atoms with E-state index >= 15 is 0 Å². The molecule has 5 nitrogen and oxygen atoms in total. The van der Waals surface area contributed by atoms with Crippen molar-refractivity contribution in [3.05, 3.63) is 47.9 Å². The molecule has 0 bridgehead atoms. The molecule has 0 aliphatic heterocycles. The summed E-state index contributed by atoms with van der Waals surface area (Å²) < 4.78 is 21.2. The molecule has 1 fully saturated rings. The van der Waals surface area contributed by atoms with Crippen molar-refractivity contribution in [2.45, 2.75) is 18.9 Å². The lowest BCUT2D eigenvalue weighted by Crippen LogP contribution is -2.08. The first-order chi connectivity index (χ1) is 10.7. The van der Waals surface area contributed by atoms with Gasteiger partial charge in [0.2, 0.25) is 0 Å². The largest absolute Gasteiger partial charge is 0.497 e. The normalized spacial score (nSPS) is 19.5. The van der Waals surface area contributed by atoms with Crippen molar-refractivity contribution < 1.29 is 23.4 Å². The second-order valence-corrected chi connectivity index (χ2v) is 5.25. The van der Waals surface area contributed by atoms with Gasteiger partial charge in [0.1, 0.15) is 23.9 Å². The Morgan fingerprint density at radius 1 is 1.27 bits per heavy atom. The van der Waals surface area contributed by atoms with E-state index in [2.05, 4.69) is 0 Å². The quantitative estimate of drug-likeness (QED) is 0.767. The number of furan rings is 1. The molecule has 1 aromatic heterocycles. The minimum atomic E-state index is -0.203. The van der Waals surface area contributed by atoms with Crippen LogP contribution in [0.15, 0.2) is 41.0 Å². The first kappa shape index (κ1) is 14.5. The third-order valence-corrected chi connectivity index (χ3v) is 3.86. The highest BCUT2D eigenvalue weighted by Gasteiger charge is 2.47. The minimum Gasteiger partial charge on any atom is -0.497 e. The topological polar surface area (TPSA) is 57.9 Å². The number of esters is 1. The average molecular weight is 302 g/mol. The number of rotatable bonds is 6. The molecule has 22 heavy (non-hydrogen) atoms. The Bertz CT molecular complexity index is 647. The van der Waals surface area contributed by atoms with Crippen LogP contribution in [0.25, 0.3) is 0 Å². The van der Waals surface area contributed by atoms with E-state index in [1.165, 1.54) is 0 Å². The summed E-state index contributed by atoms with van der Waals surface area (Å²) in [5, 5.41) is 0. The maximum absolute atomic E-state index is 12.1. The number of methoxy groups -OCH3 is 2. The van der Waals surface area contributed by atoms with Gasteiger partial charge in [-0.2, -0.15) is 0 Å². The number of benzene rings is 1. The van der Waals surface area contributed by atoms with Crippen LogP contribution in [0.5, 0.6) is 11.5 Å². The third kappa shape index (κ3) is 2.93. The summed E-state index contributed by atoms with van der Waals surface area (Å²) in [5.41, 5.74) is 0.783. The number of carbonyl (C=O) groups excluding carboxylic acids is 1. The van der Waals surface area contributed by atoms with E-state index < -0.39 is 0 Å². The number of carbonyl (C=O) groups is 1. The molecule has 1 aliphatic rings. The van der Waals surface area contributed by atoms with Crippen molar-refractivity contribution in [1.29, 1.82) is 0 Å². The monoisotopic (exact) mass is 302 g/mol. The lowest BCUT2D eigenvalue weighted by atomic mass is 10.2. The molecule has 5 heteroatoms. The van der Waals surface area contributed by atoms with Gasteiger partial charge in [-0.15, -0.1) is 0 Å². The summed E-state index contributed by atoms with van der Waals surface area (Å²) in [6.45, 7) is 0.167. The number of ether oxygens (including phenoxy) is 3. The fourth-order valence-electron chi connectivity index (χ4n) is 2.52. The SMILES string of the molecule is COc1ccc(OC)c(COC(=O)[C@H]2C[C@H]2c2ccco2)c1. The van der Waals surface area contributed by atoms with Crippen LogP contribution in [0.4, 0.5) is 0 Å². The van der Waals surface area contributed by atoms with Gasteiger partial charge in [0.25, 0.3) is 0 Å². The van der Waals surface area contributed by atoms with Crippen LogP contribution in [0.1, 0.15) is 23.7 Å². The lowest BCUT2D eigenvalue weighted by Gasteiger charge is -2.11. The van der Waals surface area contributed by atoms with Gasteiger partial charge in [-0.1, -0.05) is 0 Å². The molecule has 1 saturated carbocycles. The highest BCUT2D eigenvalue weighted by atomic mass is 16.5. The summed E-state index contributed by atoms with van der Waals surface area (Å²) in [7, 11) is 3.18. The Labute approximate surface area is 128 Å². The van der Waals surface area contributed by atoms with Crippen molar-refractivity contribution in [2.24, 2.45) is 5.92 Å². The Balaban J connectivity index is 1.60. The molecule has 116 valence electrons. The van der Waals surface area contributed by atoms with Crippen LogP contribution in [0.3, 0.4) is 0 Å². The summed E-state index contributed by atoms with van der Waals surface area (Å²) in [6, 6.07) is 9.13. The Morgan fingerprint density at radius 2 is 2.14 bits per heavy atom. The second kappa shape index (κ2) is 6.13. The number of hydrogen-bond acceptors (Lipinski definition) is 5. The van der Waals surface area contributed by atoms with Gasteiger partial charge in [-0.3, -0.25) is 4.79 Å². The molecule has 1 aliphatic carbocycles. The standard InChI is InChI=1S/C17H18O5/c1-19-12-5-6-15(20-2)11(8-12)10-22-17(18)14-9-13(14)16-4-3-7-21-16/h3-8,13-14H,9-10H2,1-2H3/t13-,14+/m1/s1. The Morgan fingerprint density at radius 3 is 2.82 bits per heavy atom. The average Bonchev–Trinajstić information content (AvgIpc) is 3.17. The van der Waals surface area contributed by atoms with E-state index in [0.717, 1.165) is 17.7 Å². The molecule has 0 spiro atoms. The molecular weight excluding hydrogens is 284 g/mol. The fraction of sp³-hybridized carbons (Fsp3) is 0.353. The number of hydrogen-bond donors (Lipinski definition) is 0. The van der Waals surface area contributed by atoms with E-state index in [1.54, 1.807) is 32.6 Å². The zero-order chi connectivity index (χ0) is 15.5. The molecule has 0 unspecified atom stereocenters. The molecule has 1 heterocycles. The molecule has 0 amide bonds. The van der Waals surface area contributed by atoms with Crippen LogP contribution < -0.4 is 9.47 Å². The maximum atomic E-state index is 12.1. The second-order valence-electron chi connectivity index (χ2n) is 5.25. The molecule has 1 aromatic carbocycles. The van der Waals surface area contributed by atoms with Gasteiger partial charge in [0.15, 0.2) is 0 Å². The maximum Gasteiger partial charge on any atom is 0.310 e. The van der Waals surface area contributed by atoms with Crippen LogP contribution in [0.2, 0.25) is 0 Å². The van der Waals surface area contributed by atoms with Gasteiger partial charge < -0.3 is 18.6 Å². The van der Waals surface area contributed by atoms with Crippen molar-refractivity contribution in [2.75, 3.05) is 14.2 Å². The van der Waals surface area contributed by atoms with Gasteiger partial charge in [0, 0.05) is 11.5 Å². The van der Waals surface area contributed by atoms with E-state index in [0.29, 0.717) is 11.5 Å². The first-order valence-corrected chi connectivity index (χ1v) is 7.14. The van der Waals surface area contributed by atoms with Gasteiger partial charge in [0.05, 0.1) is 26.4 Å². The van der Waals surface area contributed by atoms with E-state index in [1.807, 2.05) is 18.2 Å². The Hall–Kier alpha value is -2.43. The van der Waals surface area contributed by atoms with E-state index in [9.17, 15) is 4.79 Å². The molecule has 0 N–H and O–H groups in total. The summed E-state index contributed by atoms with van der Waals surface area (Å²) in [6.07, 6.45) is 2.40. The van der Waals surface area contributed by atoms with Crippen LogP contribution >= 0.6 is 0 Å². The van der Waals surface area contributed by atoms with E-state index in [4.69, 9.17) is 18.6 Å². The molecule has 3 rings (SSSR count).